The lowest BCUT2D eigenvalue weighted by Gasteiger charge is -2.29. The van der Waals surface area contributed by atoms with Gasteiger partial charge in [-0.2, -0.15) is 0 Å². The molecule has 7 nitrogen and oxygen atoms in total. The molecule has 2 aliphatic rings. The lowest BCUT2D eigenvalue weighted by atomic mass is 9.91. The number of esters is 1. The average Bonchev–Trinajstić information content (AvgIpc) is 3.52. The van der Waals surface area contributed by atoms with Gasteiger partial charge in [-0.3, -0.25) is 4.79 Å². The maximum absolute atomic E-state index is 12.8. The third kappa shape index (κ3) is 2.60. The zero-order chi connectivity index (χ0) is 21.8. The number of benzene rings is 2. The van der Waals surface area contributed by atoms with Crippen molar-refractivity contribution < 1.29 is 23.8 Å². The van der Waals surface area contributed by atoms with Gasteiger partial charge in [-0.25, -0.2) is 4.79 Å². The van der Waals surface area contributed by atoms with E-state index in [1.807, 2.05) is 41.0 Å². The number of H-pyrrole nitrogens is 1. The first kappa shape index (κ1) is 18.7. The molecular formula is C25H20N2O5. The zero-order valence-electron chi connectivity index (χ0n) is 17.4. The number of carbonyl (C=O) groups excluding carboxylic acids is 2. The highest BCUT2D eigenvalue weighted by Crippen LogP contribution is 2.44. The van der Waals surface area contributed by atoms with E-state index in [4.69, 9.17) is 14.2 Å². The summed E-state index contributed by atoms with van der Waals surface area (Å²) in [5, 5.41) is 1.10. The second-order valence-corrected chi connectivity index (χ2v) is 7.89. The Hall–Kier alpha value is -4.00. The predicted molar refractivity (Wildman–Crippen MR) is 117 cm³/mol. The smallest absolute Gasteiger partial charge is 0.339 e. The van der Waals surface area contributed by atoms with E-state index in [0.717, 1.165) is 39.7 Å². The Labute approximate surface area is 183 Å². The number of rotatable bonds is 4. The standard InChI is InChI=1S/C25H20N2O5/c1-2-30-25(29)18-10-15(12-28)27-20(18)11-17-16-5-3-4-6-19(16)26-23(17)24(27)14-7-8-21-22(9-14)32-13-31-21/h3-10,12,24,26H,2,11,13H2,1H3. The molecule has 160 valence electrons. The number of aromatic amines is 1. The minimum atomic E-state index is -0.419. The summed E-state index contributed by atoms with van der Waals surface area (Å²) in [6.07, 6.45) is 1.31. The van der Waals surface area contributed by atoms with Gasteiger partial charge >= 0.3 is 5.97 Å². The number of aromatic nitrogens is 2. The van der Waals surface area contributed by atoms with Crippen LogP contribution in [0.5, 0.6) is 11.5 Å². The minimum Gasteiger partial charge on any atom is -0.462 e. The Morgan fingerprint density at radius 3 is 2.88 bits per heavy atom. The van der Waals surface area contributed by atoms with Crippen molar-refractivity contribution in [3.8, 4) is 11.5 Å². The van der Waals surface area contributed by atoms with Crippen molar-refractivity contribution in [2.24, 2.45) is 0 Å². The molecule has 0 saturated carbocycles. The van der Waals surface area contributed by atoms with Crippen molar-refractivity contribution in [1.29, 1.82) is 0 Å². The van der Waals surface area contributed by atoms with Gasteiger partial charge in [0.2, 0.25) is 6.79 Å². The summed E-state index contributed by atoms with van der Waals surface area (Å²) in [5.41, 5.74) is 5.66. The summed E-state index contributed by atoms with van der Waals surface area (Å²) < 4.78 is 18.3. The van der Waals surface area contributed by atoms with Crippen molar-refractivity contribution in [3.05, 3.63) is 82.3 Å². The first-order valence-electron chi connectivity index (χ1n) is 10.5. The van der Waals surface area contributed by atoms with Crippen LogP contribution in [0.25, 0.3) is 10.9 Å². The quantitative estimate of drug-likeness (QED) is 0.342. The predicted octanol–water partition coefficient (Wildman–Crippen LogP) is 4.23. The lowest BCUT2D eigenvalue weighted by Crippen LogP contribution is -2.24. The molecule has 0 aliphatic carbocycles. The van der Waals surface area contributed by atoms with E-state index in [9.17, 15) is 9.59 Å². The molecule has 1 N–H and O–H groups in total. The van der Waals surface area contributed by atoms with E-state index in [1.165, 1.54) is 0 Å². The fourth-order valence-electron chi connectivity index (χ4n) is 4.89. The van der Waals surface area contributed by atoms with Crippen LogP contribution >= 0.6 is 0 Å². The number of nitrogens with one attached hydrogen (secondary N) is 1. The molecule has 2 aromatic heterocycles. The van der Waals surface area contributed by atoms with Gasteiger partial charge in [0.1, 0.15) is 0 Å². The average molecular weight is 428 g/mol. The number of nitrogens with zero attached hydrogens (tertiary/aromatic N) is 1. The Morgan fingerprint density at radius 2 is 2.03 bits per heavy atom. The molecular weight excluding hydrogens is 408 g/mol. The van der Waals surface area contributed by atoms with E-state index in [2.05, 4.69) is 11.1 Å². The van der Waals surface area contributed by atoms with Gasteiger partial charge < -0.3 is 23.8 Å². The van der Waals surface area contributed by atoms with Crippen molar-refractivity contribution >= 4 is 23.2 Å². The first-order chi connectivity index (χ1) is 15.7. The third-order valence-electron chi connectivity index (χ3n) is 6.22. The van der Waals surface area contributed by atoms with Crippen LogP contribution in [-0.4, -0.2) is 35.2 Å². The number of carbonyl (C=O) groups is 2. The van der Waals surface area contributed by atoms with Gasteiger partial charge in [-0.15, -0.1) is 0 Å². The van der Waals surface area contributed by atoms with Gasteiger partial charge in [-0.05, 0) is 42.3 Å². The molecule has 0 bridgehead atoms. The van der Waals surface area contributed by atoms with E-state index >= 15 is 0 Å². The Bertz CT molecular complexity index is 1400. The summed E-state index contributed by atoms with van der Waals surface area (Å²) in [4.78, 5) is 28.4. The number of para-hydroxylation sites is 1. The van der Waals surface area contributed by atoms with Crippen LogP contribution in [0.2, 0.25) is 0 Å². The fourth-order valence-corrected chi connectivity index (χ4v) is 4.89. The van der Waals surface area contributed by atoms with E-state index in [0.29, 0.717) is 29.2 Å². The molecule has 4 aromatic rings. The molecule has 2 aliphatic heterocycles. The van der Waals surface area contributed by atoms with E-state index < -0.39 is 5.97 Å². The Morgan fingerprint density at radius 1 is 1.19 bits per heavy atom. The molecule has 6 rings (SSSR count). The maximum atomic E-state index is 12.8. The van der Waals surface area contributed by atoms with Crippen molar-refractivity contribution in [3.63, 3.8) is 0 Å². The van der Waals surface area contributed by atoms with Crippen LogP contribution < -0.4 is 9.47 Å². The fraction of sp³-hybridized carbons (Fsp3) is 0.200. The van der Waals surface area contributed by atoms with E-state index in [1.54, 1.807) is 13.0 Å². The van der Waals surface area contributed by atoms with Crippen molar-refractivity contribution in [2.45, 2.75) is 19.4 Å². The summed E-state index contributed by atoms with van der Waals surface area (Å²) in [5.74, 6) is 0.937. The molecule has 0 radical (unpaired) electrons. The van der Waals surface area contributed by atoms with Crippen LogP contribution in [0, 0.1) is 0 Å². The van der Waals surface area contributed by atoms with Gasteiger partial charge in [0.05, 0.1) is 23.9 Å². The highest BCUT2D eigenvalue weighted by Gasteiger charge is 2.35. The van der Waals surface area contributed by atoms with Gasteiger partial charge in [0, 0.05) is 28.7 Å². The number of ether oxygens (including phenoxy) is 3. The third-order valence-corrected chi connectivity index (χ3v) is 6.22. The molecule has 1 atom stereocenters. The summed E-state index contributed by atoms with van der Waals surface area (Å²) >= 11 is 0. The van der Waals surface area contributed by atoms with Crippen LogP contribution in [0.1, 0.15) is 56.3 Å². The molecule has 7 heteroatoms. The van der Waals surface area contributed by atoms with Crippen LogP contribution in [0.15, 0.2) is 48.5 Å². The maximum Gasteiger partial charge on any atom is 0.339 e. The van der Waals surface area contributed by atoms with Crippen LogP contribution in [0.3, 0.4) is 0 Å². The second-order valence-electron chi connectivity index (χ2n) is 7.89. The molecule has 32 heavy (non-hydrogen) atoms. The molecule has 0 spiro atoms. The highest BCUT2D eigenvalue weighted by molar-refractivity contribution is 5.95. The van der Waals surface area contributed by atoms with Gasteiger partial charge in [0.15, 0.2) is 17.8 Å². The SMILES string of the molecule is CCOC(=O)c1cc(C=O)n2c1Cc1c([nH]c3ccccc13)C2c1ccc2c(c1)OCO2. The summed E-state index contributed by atoms with van der Waals surface area (Å²) in [7, 11) is 0. The summed E-state index contributed by atoms with van der Waals surface area (Å²) in [6.45, 7) is 2.22. The number of fused-ring (bicyclic) bond motifs is 5. The Kier molecular flexibility index (Phi) is 4.11. The molecule has 1 unspecified atom stereocenters. The molecule has 4 heterocycles. The first-order valence-corrected chi connectivity index (χ1v) is 10.5. The second kappa shape index (κ2) is 7.02. The number of hydrogen-bond acceptors (Lipinski definition) is 5. The topological polar surface area (TPSA) is 82.6 Å². The number of aldehydes is 1. The van der Waals surface area contributed by atoms with Gasteiger partial charge in [0.25, 0.3) is 0 Å². The monoisotopic (exact) mass is 428 g/mol. The molecule has 0 fully saturated rings. The van der Waals surface area contributed by atoms with Crippen LogP contribution in [0.4, 0.5) is 0 Å². The molecule has 0 amide bonds. The molecule has 2 aromatic carbocycles. The normalized spacial score (nSPS) is 16.0. The highest BCUT2D eigenvalue weighted by atomic mass is 16.7. The molecule has 0 saturated heterocycles. The summed E-state index contributed by atoms with van der Waals surface area (Å²) in [6, 6.07) is 15.2. The van der Waals surface area contributed by atoms with Crippen molar-refractivity contribution in [2.75, 3.05) is 13.4 Å². The Balaban J connectivity index is 1.63. The lowest BCUT2D eigenvalue weighted by molar-refractivity contribution is 0.0525. The minimum absolute atomic E-state index is 0.183. The zero-order valence-corrected chi connectivity index (χ0v) is 17.4. The van der Waals surface area contributed by atoms with E-state index in [-0.39, 0.29) is 19.4 Å². The number of hydrogen-bond donors (Lipinski definition) is 1. The van der Waals surface area contributed by atoms with Crippen molar-refractivity contribution in [1.82, 2.24) is 9.55 Å². The van der Waals surface area contributed by atoms with Crippen LogP contribution in [-0.2, 0) is 11.2 Å². The van der Waals surface area contributed by atoms with Gasteiger partial charge in [-0.1, -0.05) is 24.3 Å². The largest absolute Gasteiger partial charge is 0.462 e.